The van der Waals surface area contributed by atoms with Crippen molar-refractivity contribution >= 4 is 17.3 Å². The number of anilines is 3. The second-order valence-electron chi connectivity index (χ2n) is 4.40. The second-order valence-corrected chi connectivity index (χ2v) is 4.40. The summed E-state index contributed by atoms with van der Waals surface area (Å²) in [5.41, 5.74) is 2.08. The first kappa shape index (κ1) is 11.9. The number of aromatic nitrogens is 1. The fraction of sp³-hybridized carbons (Fsp3) is 0.214. The zero-order chi connectivity index (χ0) is 13.4. The maximum absolute atomic E-state index is 13.9. The summed E-state index contributed by atoms with van der Waals surface area (Å²) in [5.74, 6) is -1.11. The molecule has 1 N–H and O–H groups in total. The van der Waals surface area contributed by atoms with Gasteiger partial charge in [0.15, 0.2) is 23.3 Å². The summed E-state index contributed by atoms with van der Waals surface area (Å²) in [4.78, 5) is 5.82. The molecule has 1 aliphatic heterocycles. The van der Waals surface area contributed by atoms with Crippen molar-refractivity contribution in [3.63, 3.8) is 0 Å². The van der Waals surface area contributed by atoms with Crippen molar-refractivity contribution in [1.29, 1.82) is 0 Å². The number of pyridine rings is 1. The lowest BCUT2D eigenvalue weighted by molar-refractivity contribution is 0.575. The molecule has 2 aromatic rings. The Morgan fingerprint density at radius 1 is 1.21 bits per heavy atom. The average molecular weight is 261 g/mol. The lowest BCUT2D eigenvalue weighted by Gasteiger charge is -2.19. The molecule has 0 bridgehead atoms. The van der Waals surface area contributed by atoms with E-state index < -0.39 is 11.6 Å². The Morgan fingerprint density at radius 3 is 2.79 bits per heavy atom. The number of halogens is 2. The third-order valence-corrected chi connectivity index (χ3v) is 3.29. The Bertz CT molecular complexity index is 628. The normalized spacial score (nSPS) is 13.5. The lowest BCUT2D eigenvalue weighted by atomic mass is 10.2. The van der Waals surface area contributed by atoms with Gasteiger partial charge in [-0.25, -0.2) is 13.8 Å². The first-order valence-corrected chi connectivity index (χ1v) is 6.10. The number of rotatable bonds is 2. The number of hydrogen-bond donors (Lipinski definition) is 1. The number of nitrogens with zero attached hydrogens (tertiary/aromatic N) is 2. The van der Waals surface area contributed by atoms with Gasteiger partial charge in [0.1, 0.15) is 0 Å². The molecule has 98 valence electrons. The zero-order valence-corrected chi connectivity index (χ0v) is 10.5. The van der Waals surface area contributed by atoms with Crippen LogP contribution in [0.1, 0.15) is 5.56 Å². The highest BCUT2D eigenvalue weighted by atomic mass is 19.1. The molecule has 3 rings (SSSR count). The fourth-order valence-corrected chi connectivity index (χ4v) is 2.38. The summed E-state index contributed by atoms with van der Waals surface area (Å²) in [6.07, 6.45) is 0.837. The van der Waals surface area contributed by atoms with Gasteiger partial charge >= 0.3 is 0 Å². The highest BCUT2D eigenvalue weighted by molar-refractivity contribution is 5.68. The molecule has 5 heteroatoms. The molecule has 0 saturated heterocycles. The van der Waals surface area contributed by atoms with Crippen molar-refractivity contribution < 1.29 is 8.78 Å². The summed E-state index contributed by atoms with van der Waals surface area (Å²) < 4.78 is 27.4. The summed E-state index contributed by atoms with van der Waals surface area (Å²) in [6.45, 7) is 0.651. The molecule has 0 fully saturated rings. The number of para-hydroxylation sites is 1. The van der Waals surface area contributed by atoms with Gasteiger partial charge in [0.05, 0.1) is 0 Å². The topological polar surface area (TPSA) is 28.2 Å². The monoisotopic (exact) mass is 261 g/mol. The van der Waals surface area contributed by atoms with Crippen LogP contribution in [-0.4, -0.2) is 18.6 Å². The van der Waals surface area contributed by atoms with E-state index in [0.29, 0.717) is 6.54 Å². The molecule has 3 nitrogen and oxygen atoms in total. The van der Waals surface area contributed by atoms with E-state index in [1.54, 1.807) is 11.9 Å². The van der Waals surface area contributed by atoms with Gasteiger partial charge in [0, 0.05) is 25.3 Å². The van der Waals surface area contributed by atoms with E-state index in [0.717, 1.165) is 23.7 Å². The number of nitrogens with one attached hydrogen (secondary N) is 1. The van der Waals surface area contributed by atoms with Crippen molar-refractivity contribution in [2.45, 2.75) is 6.42 Å². The van der Waals surface area contributed by atoms with Crippen molar-refractivity contribution in [3.05, 3.63) is 47.5 Å². The van der Waals surface area contributed by atoms with Crippen molar-refractivity contribution in [2.24, 2.45) is 0 Å². The second kappa shape index (κ2) is 4.50. The molecular weight excluding hydrogens is 248 g/mol. The molecule has 0 saturated carbocycles. The van der Waals surface area contributed by atoms with Gasteiger partial charge in [0.2, 0.25) is 0 Å². The summed E-state index contributed by atoms with van der Waals surface area (Å²) in [7, 11) is 1.56. The van der Waals surface area contributed by atoms with Crippen LogP contribution in [0.5, 0.6) is 0 Å². The number of hydrogen-bond acceptors (Lipinski definition) is 3. The highest BCUT2D eigenvalue weighted by Gasteiger charge is 2.24. The van der Waals surface area contributed by atoms with Gasteiger partial charge in [-0.05, 0) is 18.1 Å². The predicted octanol–water partition coefficient (Wildman–Crippen LogP) is 3.10. The maximum Gasteiger partial charge on any atom is 0.171 e. The summed E-state index contributed by atoms with van der Waals surface area (Å²) in [6, 6.07) is 8.66. The Labute approximate surface area is 109 Å². The molecule has 1 aliphatic rings. The number of benzene rings is 1. The fourth-order valence-electron chi connectivity index (χ4n) is 2.38. The van der Waals surface area contributed by atoms with Crippen LogP contribution in [0.3, 0.4) is 0 Å². The van der Waals surface area contributed by atoms with Crippen LogP contribution >= 0.6 is 0 Å². The van der Waals surface area contributed by atoms with E-state index in [-0.39, 0.29) is 11.6 Å². The van der Waals surface area contributed by atoms with E-state index in [2.05, 4.69) is 10.3 Å². The van der Waals surface area contributed by atoms with Crippen LogP contribution in [0.25, 0.3) is 0 Å². The molecule has 19 heavy (non-hydrogen) atoms. The third-order valence-electron chi connectivity index (χ3n) is 3.29. The standard InChI is InChI=1S/C14H13F2N3/c1-17-13-10(15)8-11(16)14(18-13)19-7-6-9-4-2-3-5-12(9)19/h2-5,8H,6-7H2,1H3,(H,17,18). The lowest BCUT2D eigenvalue weighted by Crippen LogP contribution is -2.17. The quantitative estimate of drug-likeness (QED) is 0.900. The van der Waals surface area contributed by atoms with Gasteiger partial charge < -0.3 is 10.2 Å². The van der Waals surface area contributed by atoms with E-state index in [9.17, 15) is 8.78 Å². The molecule has 1 aromatic heterocycles. The van der Waals surface area contributed by atoms with Crippen LogP contribution in [0, 0.1) is 11.6 Å². The Hall–Kier alpha value is -2.17. The van der Waals surface area contributed by atoms with Gasteiger partial charge in [-0.1, -0.05) is 18.2 Å². The number of fused-ring (bicyclic) bond motifs is 1. The van der Waals surface area contributed by atoms with Gasteiger partial charge in [-0.15, -0.1) is 0 Å². The predicted molar refractivity (Wildman–Crippen MR) is 70.9 cm³/mol. The minimum atomic E-state index is -0.684. The van der Waals surface area contributed by atoms with Crippen molar-refractivity contribution in [1.82, 2.24) is 4.98 Å². The first-order valence-electron chi connectivity index (χ1n) is 6.10. The van der Waals surface area contributed by atoms with E-state index in [1.807, 2.05) is 24.3 Å². The molecule has 0 atom stereocenters. The van der Waals surface area contributed by atoms with Crippen LogP contribution in [0.15, 0.2) is 30.3 Å². The highest BCUT2D eigenvalue weighted by Crippen LogP contribution is 2.35. The maximum atomic E-state index is 13.9. The molecule has 0 radical (unpaired) electrons. The largest absolute Gasteiger partial charge is 0.371 e. The third kappa shape index (κ3) is 1.91. The van der Waals surface area contributed by atoms with E-state index in [1.165, 1.54) is 0 Å². The van der Waals surface area contributed by atoms with Gasteiger partial charge in [-0.2, -0.15) is 0 Å². The molecule has 0 aliphatic carbocycles. The first-order chi connectivity index (χ1) is 9.20. The average Bonchev–Trinajstić information content (AvgIpc) is 2.83. The summed E-state index contributed by atoms with van der Waals surface area (Å²) in [5, 5.41) is 2.63. The van der Waals surface area contributed by atoms with Gasteiger partial charge in [0.25, 0.3) is 0 Å². The van der Waals surface area contributed by atoms with E-state index >= 15 is 0 Å². The molecule has 0 amide bonds. The smallest absolute Gasteiger partial charge is 0.171 e. The molecule has 2 heterocycles. The van der Waals surface area contributed by atoms with Crippen molar-refractivity contribution in [3.8, 4) is 0 Å². The summed E-state index contributed by atoms with van der Waals surface area (Å²) >= 11 is 0. The molecule has 0 spiro atoms. The Kier molecular flexibility index (Phi) is 2.81. The molecule has 0 unspecified atom stereocenters. The van der Waals surface area contributed by atoms with Crippen LogP contribution < -0.4 is 10.2 Å². The van der Waals surface area contributed by atoms with Crippen LogP contribution in [0.2, 0.25) is 0 Å². The Morgan fingerprint density at radius 2 is 2.00 bits per heavy atom. The minimum Gasteiger partial charge on any atom is -0.371 e. The van der Waals surface area contributed by atoms with Gasteiger partial charge in [-0.3, -0.25) is 0 Å². The molecular formula is C14H13F2N3. The Balaban J connectivity index is 2.09. The molecule has 1 aromatic carbocycles. The van der Waals surface area contributed by atoms with Crippen LogP contribution in [-0.2, 0) is 6.42 Å². The van der Waals surface area contributed by atoms with Crippen molar-refractivity contribution in [2.75, 3.05) is 23.8 Å². The minimum absolute atomic E-state index is 0.0563. The van der Waals surface area contributed by atoms with Crippen LogP contribution in [0.4, 0.5) is 26.1 Å². The van der Waals surface area contributed by atoms with E-state index in [4.69, 9.17) is 0 Å². The SMILES string of the molecule is CNc1nc(N2CCc3ccccc32)c(F)cc1F. The zero-order valence-electron chi connectivity index (χ0n) is 10.5.